The number of aromatic nitrogens is 3. The van der Waals surface area contributed by atoms with E-state index in [1.54, 1.807) is 0 Å². The summed E-state index contributed by atoms with van der Waals surface area (Å²) in [7, 11) is 0. The van der Waals surface area contributed by atoms with E-state index < -0.39 is 0 Å². The van der Waals surface area contributed by atoms with Crippen molar-refractivity contribution < 1.29 is 4.79 Å². The van der Waals surface area contributed by atoms with Crippen LogP contribution in [0.3, 0.4) is 0 Å². The molecule has 0 bridgehead atoms. The Labute approximate surface area is 196 Å². The molecule has 33 heavy (non-hydrogen) atoms. The molecule has 0 spiro atoms. The molecule has 1 N–H and O–H groups in total. The third-order valence-corrected chi connectivity index (χ3v) is 6.21. The van der Waals surface area contributed by atoms with E-state index in [9.17, 15) is 4.79 Å². The van der Waals surface area contributed by atoms with E-state index in [2.05, 4.69) is 33.7 Å². The SMILES string of the molecule is O=C(CSc1nnc(Cc2ccccc2)n1-c1ccccc1)Nc1ccc2ccccc2c1. The number of anilines is 1. The van der Waals surface area contributed by atoms with Crippen molar-refractivity contribution in [2.45, 2.75) is 11.6 Å². The third kappa shape index (κ3) is 4.96. The van der Waals surface area contributed by atoms with E-state index in [1.165, 1.54) is 11.8 Å². The van der Waals surface area contributed by atoms with Gasteiger partial charge in [-0.1, -0.05) is 90.6 Å². The Morgan fingerprint density at radius 3 is 2.27 bits per heavy atom. The number of benzene rings is 4. The van der Waals surface area contributed by atoms with E-state index in [-0.39, 0.29) is 11.7 Å². The molecule has 1 heterocycles. The van der Waals surface area contributed by atoms with E-state index in [0.717, 1.165) is 33.5 Å². The fourth-order valence-corrected chi connectivity index (χ4v) is 4.49. The Bertz CT molecular complexity index is 1380. The highest BCUT2D eigenvalue weighted by Crippen LogP contribution is 2.24. The number of hydrogen-bond acceptors (Lipinski definition) is 4. The van der Waals surface area contributed by atoms with Gasteiger partial charge in [0.2, 0.25) is 5.91 Å². The van der Waals surface area contributed by atoms with Crippen LogP contribution < -0.4 is 5.32 Å². The number of carbonyl (C=O) groups excluding carboxylic acids is 1. The highest BCUT2D eigenvalue weighted by molar-refractivity contribution is 7.99. The monoisotopic (exact) mass is 450 g/mol. The van der Waals surface area contributed by atoms with Gasteiger partial charge in [0.15, 0.2) is 5.16 Å². The number of thioether (sulfide) groups is 1. The molecular formula is C27H22N4OS. The van der Waals surface area contributed by atoms with Crippen LogP contribution in [0.2, 0.25) is 0 Å². The highest BCUT2D eigenvalue weighted by Gasteiger charge is 2.16. The summed E-state index contributed by atoms with van der Waals surface area (Å²) >= 11 is 1.38. The first-order valence-electron chi connectivity index (χ1n) is 10.7. The predicted octanol–water partition coefficient (Wildman–Crippen LogP) is 5.74. The number of para-hydroxylation sites is 1. The van der Waals surface area contributed by atoms with Gasteiger partial charge in [-0.05, 0) is 40.6 Å². The van der Waals surface area contributed by atoms with Gasteiger partial charge < -0.3 is 5.32 Å². The molecule has 0 fully saturated rings. The predicted molar refractivity (Wildman–Crippen MR) is 134 cm³/mol. The van der Waals surface area contributed by atoms with Crippen molar-refractivity contribution in [1.82, 2.24) is 14.8 Å². The fourth-order valence-electron chi connectivity index (χ4n) is 3.72. The number of amides is 1. The molecule has 0 aliphatic heterocycles. The molecule has 162 valence electrons. The summed E-state index contributed by atoms with van der Waals surface area (Å²) in [6, 6.07) is 34.2. The maximum Gasteiger partial charge on any atom is 0.234 e. The van der Waals surface area contributed by atoms with Gasteiger partial charge in [-0.2, -0.15) is 0 Å². The van der Waals surface area contributed by atoms with Gasteiger partial charge in [0.25, 0.3) is 0 Å². The second kappa shape index (κ2) is 9.71. The normalized spacial score (nSPS) is 10.9. The summed E-state index contributed by atoms with van der Waals surface area (Å²) in [4.78, 5) is 12.7. The molecule has 0 saturated heterocycles. The van der Waals surface area contributed by atoms with Crippen LogP contribution in [0.25, 0.3) is 16.5 Å². The largest absolute Gasteiger partial charge is 0.325 e. The van der Waals surface area contributed by atoms with Crippen molar-refractivity contribution in [3.8, 4) is 5.69 Å². The van der Waals surface area contributed by atoms with Gasteiger partial charge in [-0.3, -0.25) is 9.36 Å². The van der Waals surface area contributed by atoms with Crippen molar-refractivity contribution in [2.24, 2.45) is 0 Å². The standard InChI is InChI=1S/C27H22N4OS/c32-26(28-23-16-15-21-11-7-8-12-22(21)18-23)19-33-27-30-29-25(17-20-9-3-1-4-10-20)31(27)24-13-5-2-6-14-24/h1-16,18H,17,19H2,(H,28,32). The Hall–Kier alpha value is -3.90. The maximum absolute atomic E-state index is 12.7. The van der Waals surface area contributed by atoms with Gasteiger partial charge in [0.05, 0.1) is 5.75 Å². The van der Waals surface area contributed by atoms with Crippen LogP contribution in [0.15, 0.2) is 108 Å². The lowest BCUT2D eigenvalue weighted by atomic mass is 10.1. The number of hydrogen-bond donors (Lipinski definition) is 1. The van der Waals surface area contributed by atoms with E-state index in [0.29, 0.717) is 11.6 Å². The van der Waals surface area contributed by atoms with Crippen molar-refractivity contribution in [3.63, 3.8) is 0 Å². The molecule has 0 aliphatic rings. The van der Waals surface area contributed by atoms with Gasteiger partial charge in [0, 0.05) is 17.8 Å². The van der Waals surface area contributed by atoms with Crippen molar-refractivity contribution in [3.05, 3.63) is 115 Å². The lowest BCUT2D eigenvalue weighted by molar-refractivity contribution is -0.113. The molecule has 1 aromatic heterocycles. The molecule has 0 unspecified atom stereocenters. The van der Waals surface area contributed by atoms with Crippen LogP contribution in [-0.4, -0.2) is 26.4 Å². The number of carbonyl (C=O) groups is 1. The maximum atomic E-state index is 12.7. The van der Waals surface area contributed by atoms with Gasteiger partial charge in [-0.15, -0.1) is 10.2 Å². The van der Waals surface area contributed by atoms with Crippen molar-refractivity contribution in [2.75, 3.05) is 11.1 Å². The molecule has 6 heteroatoms. The molecular weight excluding hydrogens is 428 g/mol. The third-order valence-electron chi connectivity index (χ3n) is 5.29. The van der Waals surface area contributed by atoms with E-state index >= 15 is 0 Å². The van der Waals surface area contributed by atoms with Crippen molar-refractivity contribution in [1.29, 1.82) is 0 Å². The first kappa shape index (κ1) is 21.0. The lowest BCUT2D eigenvalue weighted by Crippen LogP contribution is -2.14. The first-order chi connectivity index (χ1) is 16.3. The van der Waals surface area contributed by atoms with Crippen LogP contribution in [-0.2, 0) is 11.2 Å². The average molecular weight is 451 g/mol. The summed E-state index contributed by atoms with van der Waals surface area (Å²) < 4.78 is 2.03. The molecule has 5 nitrogen and oxygen atoms in total. The Morgan fingerprint density at radius 2 is 1.48 bits per heavy atom. The van der Waals surface area contributed by atoms with Crippen LogP contribution in [0, 0.1) is 0 Å². The smallest absolute Gasteiger partial charge is 0.234 e. The summed E-state index contributed by atoms with van der Waals surface area (Å²) in [6.45, 7) is 0. The average Bonchev–Trinajstić information content (AvgIpc) is 3.26. The number of fused-ring (bicyclic) bond motifs is 1. The Balaban J connectivity index is 1.33. The highest BCUT2D eigenvalue weighted by atomic mass is 32.2. The summed E-state index contributed by atoms with van der Waals surface area (Å²) in [5.74, 6) is 0.996. The zero-order valence-corrected chi connectivity index (χ0v) is 18.7. The molecule has 0 saturated carbocycles. The van der Waals surface area contributed by atoms with Gasteiger partial charge in [-0.25, -0.2) is 0 Å². The molecule has 5 aromatic rings. The topological polar surface area (TPSA) is 59.8 Å². The quantitative estimate of drug-likeness (QED) is 0.321. The molecule has 1 amide bonds. The lowest BCUT2D eigenvalue weighted by Gasteiger charge is -2.11. The van der Waals surface area contributed by atoms with Crippen LogP contribution in [0.1, 0.15) is 11.4 Å². The minimum Gasteiger partial charge on any atom is -0.325 e. The number of rotatable bonds is 7. The molecule has 0 aliphatic carbocycles. The van der Waals surface area contributed by atoms with E-state index in [4.69, 9.17) is 0 Å². The molecule has 5 rings (SSSR count). The van der Waals surface area contributed by atoms with Gasteiger partial charge >= 0.3 is 0 Å². The van der Waals surface area contributed by atoms with Crippen molar-refractivity contribution >= 4 is 34.1 Å². The molecule has 4 aromatic carbocycles. The minimum absolute atomic E-state index is 0.0810. The van der Waals surface area contributed by atoms with E-state index in [1.807, 2.05) is 89.5 Å². The second-order valence-electron chi connectivity index (χ2n) is 7.63. The first-order valence-corrected chi connectivity index (χ1v) is 11.7. The number of nitrogens with zero attached hydrogens (tertiary/aromatic N) is 3. The second-order valence-corrected chi connectivity index (χ2v) is 8.57. The van der Waals surface area contributed by atoms with Crippen LogP contribution in [0.4, 0.5) is 5.69 Å². The fraction of sp³-hybridized carbons (Fsp3) is 0.0741. The Kier molecular flexibility index (Phi) is 6.17. The number of nitrogens with one attached hydrogen (secondary N) is 1. The van der Waals surface area contributed by atoms with Crippen LogP contribution >= 0.6 is 11.8 Å². The molecule has 0 atom stereocenters. The van der Waals surface area contributed by atoms with Crippen LogP contribution in [0.5, 0.6) is 0 Å². The summed E-state index contributed by atoms with van der Waals surface area (Å²) in [5.41, 5.74) is 2.92. The zero-order valence-electron chi connectivity index (χ0n) is 17.9. The summed E-state index contributed by atoms with van der Waals surface area (Å²) in [5, 5.41) is 14.8. The molecule has 0 radical (unpaired) electrons. The van der Waals surface area contributed by atoms with Gasteiger partial charge in [0.1, 0.15) is 5.82 Å². The zero-order chi connectivity index (χ0) is 22.5. The summed E-state index contributed by atoms with van der Waals surface area (Å²) in [6.07, 6.45) is 0.659. The minimum atomic E-state index is -0.0810. The Morgan fingerprint density at radius 1 is 0.788 bits per heavy atom.